The Morgan fingerprint density at radius 2 is 2.06 bits per heavy atom. The van der Waals surface area contributed by atoms with Crippen molar-refractivity contribution >= 4 is 0 Å². The Balaban J connectivity index is 2.24. The molecule has 0 aromatic carbocycles. The van der Waals surface area contributed by atoms with E-state index in [-0.39, 0.29) is 0 Å². The van der Waals surface area contributed by atoms with Crippen molar-refractivity contribution < 1.29 is 5.11 Å². The molecule has 17 heavy (non-hydrogen) atoms. The monoisotopic (exact) mass is 236 g/mol. The van der Waals surface area contributed by atoms with Gasteiger partial charge >= 0.3 is 0 Å². The zero-order chi connectivity index (χ0) is 12.5. The van der Waals surface area contributed by atoms with Crippen molar-refractivity contribution in [2.24, 2.45) is 17.8 Å². The summed E-state index contributed by atoms with van der Waals surface area (Å²) in [5.74, 6) is 1.75. The van der Waals surface area contributed by atoms with Crippen LogP contribution in [0.4, 0.5) is 0 Å². The number of hydrogen-bond acceptors (Lipinski definition) is 1. The molecule has 0 spiro atoms. The van der Waals surface area contributed by atoms with E-state index in [1.165, 1.54) is 37.7 Å². The third-order valence-corrected chi connectivity index (χ3v) is 4.90. The Bertz CT molecular complexity index is 292. The standard InChI is InChI=1S/C16H28O/c1-12(2)15-10-9-13(3)11-16(15,17)14-7-5-4-6-8-14/h7,12-13,15,17H,4-6,8-11H2,1-3H3. The van der Waals surface area contributed by atoms with Gasteiger partial charge in [0.2, 0.25) is 0 Å². The first-order valence-corrected chi connectivity index (χ1v) is 7.46. The Morgan fingerprint density at radius 3 is 2.65 bits per heavy atom. The van der Waals surface area contributed by atoms with Gasteiger partial charge in [0.05, 0.1) is 5.60 Å². The first-order chi connectivity index (χ1) is 8.04. The highest BCUT2D eigenvalue weighted by molar-refractivity contribution is 5.22. The summed E-state index contributed by atoms with van der Waals surface area (Å²) < 4.78 is 0. The fraction of sp³-hybridized carbons (Fsp3) is 0.875. The number of rotatable bonds is 2. The minimum Gasteiger partial charge on any atom is -0.385 e. The minimum absolute atomic E-state index is 0.475. The molecule has 1 heteroatoms. The highest BCUT2D eigenvalue weighted by atomic mass is 16.3. The largest absolute Gasteiger partial charge is 0.385 e. The van der Waals surface area contributed by atoms with Crippen LogP contribution in [0.1, 0.15) is 65.7 Å². The fourth-order valence-electron chi connectivity index (χ4n) is 3.97. The molecule has 2 rings (SSSR count). The second-order valence-corrected chi connectivity index (χ2v) is 6.64. The molecule has 0 amide bonds. The summed E-state index contributed by atoms with van der Waals surface area (Å²) in [4.78, 5) is 0. The molecule has 0 aromatic heterocycles. The first-order valence-electron chi connectivity index (χ1n) is 7.46. The van der Waals surface area contributed by atoms with Crippen molar-refractivity contribution in [1.29, 1.82) is 0 Å². The van der Waals surface area contributed by atoms with Gasteiger partial charge in [-0.15, -0.1) is 0 Å². The number of allylic oxidation sites excluding steroid dienone is 1. The predicted molar refractivity (Wildman–Crippen MR) is 72.8 cm³/mol. The van der Waals surface area contributed by atoms with Crippen molar-refractivity contribution in [3.8, 4) is 0 Å². The number of hydrogen-bond donors (Lipinski definition) is 1. The second-order valence-electron chi connectivity index (χ2n) is 6.64. The van der Waals surface area contributed by atoms with E-state index in [4.69, 9.17) is 0 Å². The van der Waals surface area contributed by atoms with E-state index < -0.39 is 5.60 Å². The molecular weight excluding hydrogens is 208 g/mol. The van der Waals surface area contributed by atoms with E-state index in [1.807, 2.05) is 0 Å². The molecule has 3 atom stereocenters. The molecule has 0 aliphatic heterocycles. The molecule has 0 saturated heterocycles. The van der Waals surface area contributed by atoms with E-state index in [0.29, 0.717) is 17.8 Å². The van der Waals surface area contributed by atoms with Crippen LogP contribution in [-0.2, 0) is 0 Å². The summed E-state index contributed by atoms with van der Waals surface area (Å²) >= 11 is 0. The van der Waals surface area contributed by atoms with E-state index in [1.54, 1.807) is 0 Å². The summed E-state index contributed by atoms with van der Waals surface area (Å²) in [5, 5.41) is 11.2. The van der Waals surface area contributed by atoms with Crippen LogP contribution in [0.3, 0.4) is 0 Å². The van der Waals surface area contributed by atoms with Crippen LogP contribution in [0.15, 0.2) is 11.6 Å². The predicted octanol–water partition coefficient (Wildman–Crippen LogP) is 4.31. The summed E-state index contributed by atoms with van der Waals surface area (Å²) in [6, 6.07) is 0. The van der Waals surface area contributed by atoms with Crippen LogP contribution < -0.4 is 0 Å². The van der Waals surface area contributed by atoms with Gasteiger partial charge in [-0.05, 0) is 61.9 Å². The van der Waals surface area contributed by atoms with Crippen molar-refractivity contribution in [2.45, 2.75) is 71.3 Å². The van der Waals surface area contributed by atoms with E-state index >= 15 is 0 Å². The average Bonchev–Trinajstić information content (AvgIpc) is 2.29. The van der Waals surface area contributed by atoms with Gasteiger partial charge in [0.1, 0.15) is 0 Å². The molecule has 0 bridgehead atoms. The fourth-order valence-corrected chi connectivity index (χ4v) is 3.97. The molecule has 1 N–H and O–H groups in total. The van der Waals surface area contributed by atoms with Gasteiger partial charge in [-0.2, -0.15) is 0 Å². The topological polar surface area (TPSA) is 20.2 Å². The Hall–Kier alpha value is -0.300. The molecule has 0 radical (unpaired) electrons. The average molecular weight is 236 g/mol. The molecule has 3 unspecified atom stereocenters. The second kappa shape index (κ2) is 5.14. The normalized spacial score (nSPS) is 39.2. The molecule has 1 nitrogen and oxygen atoms in total. The van der Waals surface area contributed by atoms with Crippen molar-refractivity contribution in [3.63, 3.8) is 0 Å². The summed E-state index contributed by atoms with van der Waals surface area (Å²) in [6.45, 7) is 6.84. The van der Waals surface area contributed by atoms with Crippen LogP contribution in [0, 0.1) is 17.8 Å². The van der Waals surface area contributed by atoms with Gasteiger partial charge in [-0.3, -0.25) is 0 Å². The van der Waals surface area contributed by atoms with Gasteiger partial charge in [-0.1, -0.05) is 33.3 Å². The Labute approximate surface area is 106 Å². The van der Waals surface area contributed by atoms with Crippen LogP contribution >= 0.6 is 0 Å². The summed E-state index contributed by atoms with van der Waals surface area (Å²) in [7, 11) is 0. The quantitative estimate of drug-likeness (QED) is 0.708. The van der Waals surface area contributed by atoms with Gasteiger partial charge in [0.15, 0.2) is 0 Å². The molecule has 0 heterocycles. The molecule has 2 aliphatic carbocycles. The Morgan fingerprint density at radius 1 is 1.29 bits per heavy atom. The first kappa shape index (κ1) is 13.1. The van der Waals surface area contributed by atoms with Crippen molar-refractivity contribution in [2.75, 3.05) is 0 Å². The zero-order valence-electron chi connectivity index (χ0n) is 11.7. The van der Waals surface area contributed by atoms with E-state index in [9.17, 15) is 5.11 Å². The molecule has 98 valence electrons. The molecule has 1 fully saturated rings. The van der Waals surface area contributed by atoms with Gasteiger partial charge in [-0.25, -0.2) is 0 Å². The van der Waals surface area contributed by atoms with Crippen LogP contribution in [0.25, 0.3) is 0 Å². The van der Waals surface area contributed by atoms with Crippen LogP contribution in [-0.4, -0.2) is 10.7 Å². The van der Waals surface area contributed by atoms with Gasteiger partial charge < -0.3 is 5.11 Å². The van der Waals surface area contributed by atoms with Gasteiger partial charge in [0, 0.05) is 0 Å². The highest BCUT2D eigenvalue weighted by Crippen LogP contribution is 2.47. The third kappa shape index (κ3) is 2.59. The highest BCUT2D eigenvalue weighted by Gasteiger charge is 2.45. The van der Waals surface area contributed by atoms with E-state index in [2.05, 4.69) is 26.8 Å². The van der Waals surface area contributed by atoms with Crippen LogP contribution in [0.5, 0.6) is 0 Å². The van der Waals surface area contributed by atoms with Crippen molar-refractivity contribution in [1.82, 2.24) is 0 Å². The maximum absolute atomic E-state index is 11.2. The third-order valence-electron chi connectivity index (χ3n) is 4.90. The lowest BCUT2D eigenvalue weighted by Crippen LogP contribution is -2.47. The zero-order valence-corrected chi connectivity index (χ0v) is 11.7. The molecule has 1 saturated carbocycles. The lowest BCUT2D eigenvalue weighted by molar-refractivity contribution is -0.0534. The molecule has 0 aromatic rings. The molecular formula is C16H28O. The van der Waals surface area contributed by atoms with Crippen LogP contribution in [0.2, 0.25) is 0 Å². The smallest absolute Gasteiger partial charge is 0.0889 e. The summed E-state index contributed by atoms with van der Waals surface area (Å²) in [5.41, 5.74) is 0.890. The number of aliphatic hydroxyl groups is 1. The molecule has 2 aliphatic rings. The maximum atomic E-state index is 11.2. The maximum Gasteiger partial charge on any atom is 0.0889 e. The SMILES string of the molecule is CC1CCC(C(C)C)C(O)(C2=CCCCC2)C1. The Kier molecular flexibility index (Phi) is 3.97. The van der Waals surface area contributed by atoms with E-state index in [0.717, 1.165) is 12.8 Å². The lowest BCUT2D eigenvalue weighted by Gasteiger charge is -2.47. The minimum atomic E-state index is -0.480. The van der Waals surface area contributed by atoms with Gasteiger partial charge in [0.25, 0.3) is 0 Å². The van der Waals surface area contributed by atoms with Crippen molar-refractivity contribution in [3.05, 3.63) is 11.6 Å². The summed E-state index contributed by atoms with van der Waals surface area (Å²) in [6.07, 6.45) is 10.7. The lowest BCUT2D eigenvalue weighted by atomic mass is 9.62.